The van der Waals surface area contributed by atoms with E-state index in [1.165, 1.54) is 11.6 Å². The van der Waals surface area contributed by atoms with Crippen LogP contribution in [-0.4, -0.2) is 23.4 Å². The number of halogens is 2. The zero-order chi connectivity index (χ0) is 27.1. The lowest BCUT2D eigenvalue weighted by Gasteiger charge is -2.08. The van der Waals surface area contributed by atoms with Crippen molar-refractivity contribution in [3.63, 3.8) is 0 Å². The summed E-state index contributed by atoms with van der Waals surface area (Å²) in [5.41, 5.74) is 3.01. The third kappa shape index (κ3) is 9.24. The van der Waals surface area contributed by atoms with E-state index in [-0.39, 0.29) is 17.7 Å². The van der Waals surface area contributed by atoms with E-state index in [1.54, 1.807) is 35.2 Å². The number of hydrogen-bond acceptors (Lipinski definition) is 6. The van der Waals surface area contributed by atoms with Crippen LogP contribution in [0.3, 0.4) is 0 Å². The second kappa shape index (κ2) is 16.7. The Morgan fingerprint density at radius 3 is 2.31 bits per heavy atom. The molecule has 0 radical (unpaired) electrons. The molecule has 1 heterocycles. The maximum atomic E-state index is 12.6. The number of carbonyl (C=O) groups excluding carboxylic acids is 1. The van der Waals surface area contributed by atoms with Crippen molar-refractivity contribution in [2.45, 2.75) is 47.5 Å². The number of hydrogen-bond donors (Lipinski definition) is 2. The molecule has 8 heteroatoms. The van der Waals surface area contributed by atoms with Crippen LogP contribution in [0.4, 0.5) is 13.9 Å². The first-order chi connectivity index (χ1) is 17.3. The highest BCUT2D eigenvalue weighted by molar-refractivity contribution is 8.11. The fourth-order valence-corrected chi connectivity index (χ4v) is 4.76. The van der Waals surface area contributed by atoms with Crippen LogP contribution in [0, 0.1) is 11.6 Å². The Bertz CT molecular complexity index is 1150. The van der Waals surface area contributed by atoms with Gasteiger partial charge in [-0.05, 0) is 55.5 Å². The van der Waals surface area contributed by atoms with E-state index in [0.29, 0.717) is 6.29 Å². The first-order valence-corrected chi connectivity index (χ1v) is 13.4. The Balaban J connectivity index is 0.000000417. The fraction of sp³-hybridized carbons (Fsp3) is 0.286. The number of aromatic hydroxyl groups is 1. The van der Waals surface area contributed by atoms with Gasteiger partial charge in [-0.2, -0.15) is 0 Å². The number of rotatable bonds is 8. The molecule has 0 aliphatic heterocycles. The molecular weight excluding hydrogens is 498 g/mol. The van der Waals surface area contributed by atoms with Crippen molar-refractivity contribution in [1.82, 2.24) is 4.98 Å². The summed E-state index contributed by atoms with van der Waals surface area (Å²) in [4.78, 5) is 16.9. The quantitative estimate of drug-likeness (QED) is 0.284. The lowest BCUT2D eigenvalue weighted by atomic mass is 10.1. The van der Waals surface area contributed by atoms with Crippen LogP contribution in [0.5, 0.6) is 5.75 Å². The van der Waals surface area contributed by atoms with Crippen LogP contribution >= 0.6 is 23.1 Å². The smallest absolute Gasteiger partial charge is 0.183 e. The average molecular weight is 533 g/mol. The summed E-state index contributed by atoms with van der Waals surface area (Å²) in [6.45, 7) is 10.3. The topological polar surface area (TPSA) is 62.2 Å². The van der Waals surface area contributed by atoms with Gasteiger partial charge in [-0.1, -0.05) is 73.7 Å². The van der Waals surface area contributed by atoms with Crippen molar-refractivity contribution >= 4 is 39.4 Å². The van der Waals surface area contributed by atoms with Gasteiger partial charge in [-0.3, -0.25) is 0 Å². The van der Waals surface area contributed by atoms with Crippen LogP contribution in [-0.2, 0) is 11.2 Å². The van der Waals surface area contributed by atoms with Crippen molar-refractivity contribution < 1.29 is 18.7 Å². The number of allylic oxidation sites excluding steroid dienone is 2. The zero-order valence-electron chi connectivity index (χ0n) is 21.6. The number of nitrogens with one attached hydrogen (secondary N) is 1. The number of thiazole rings is 1. The Hall–Kier alpha value is -2.97. The van der Waals surface area contributed by atoms with Gasteiger partial charge < -0.3 is 15.2 Å². The summed E-state index contributed by atoms with van der Waals surface area (Å²) in [6.07, 6.45) is 3.42. The summed E-state index contributed by atoms with van der Waals surface area (Å²) in [5.74, 6) is -1.07. The Morgan fingerprint density at radius 1 is 1.14 bits per heavy atom. The average Bonchev–Trinajstić information content (AvgIpc) is 3.30. The van der Waals surface area contributed by atoms with Gasteiger partial charge >= 0.3 is 0 Å². The van der Waals surface area contributed by atoms with Crippen molar-refractivity contribution in [3.8, 4) is 16.2 Å². The van der Waals surface area contributed by atoms with Gasteiger partial charge in [0.05, 0.1) is 10.6 Å². The predicted octanol–water partition coefficient (Wildman–Crippen LogP) is 8.70. The minimum atomic E-state index is -0.669. The lowest BCUT2D eigenvalue weighted by Crippen LogP contribution is -1.95. The number of carbonyl (C=O) groups is 1. The molecule has 3 rings (SSSR count). The molecule has 0 atom stereocenters. The number of aldehydes is 1. The summed E-state index contributed by atoms with van der Waals surface area (Å²) in [7, 11) is 1.88. The fourth-order valence-electron chi connectivity index (χ4n) is 2.86. The number of phenols is 1. The van der Waals surface area contributed by atoms with Crippen LogP contribution in [0.25, 0.3) is 15.3 Å². The maximum absolute atomic E-state index is 12.6. The molecule has 4 nitrogen and oxygen atoms in total. The van der Waals surface area contributed by atoms with E-state index in [4.69, 9.17) is 4.98 Å². The summed E-state index contributed by atoms with van der Waals surface area (Å²) in [6, 6.07) is 10.9. The van der Waals surface area contributed by atoms with Crippen molar-refractivity contribution in [2.75, 3.05) is 12.4 Å². The van der Waals surface area contributed by atoms with Crippen LogP contribution < -0.4 is 5.32 Å². The molecule has 1 aromatic heterocycles. The molecular formula is C28H34F2N2O2S2. The number of phenolic OH excluding ortho intramolecular Hbond substituents is 1. The minimum absolute atomic E-state index is 0.164. The summed E-state index contributed by atoms with van der Waals surface area (Å²) < 4.78 is 25.3. The van der Waals surface area contributed by atoms with Gasteiger partial charge in [0.25, 0.3) is 0 Å². The largest absolute Gasteiger partial charge is 0.508 e. The first kappa shape index (κ1) is 31.1. The second-order valence-electron chi connectivity index (χ2n) is 7.30. The molecule has 36 heavy (non-hydrogen) atoms. The van der Waals surface area contributed by atoms with Gasteiger partial charge in [-0.25, -0.2) is 13.8 Å². The molecule has 0 bridgehead atoms. The summed E-state index contributed by atoms with van der Waals surface area (Å²) in [5, 5.41) is 15.9. The standard InChI is InChI=1S/C18H22N2OS2.C8H6F2O.C2H6/c1-5-6-10-22-16(12(2)3)15-17(23-18(19-4)20-15)13-8-7-9-14(21)11-13;9-7-2-1-3-8(10)6(7)4-5-11;1-2/h6-11,21H,5H2,1-4H3,(H,19,20);1-3,5H,4H2;1-2H3/b10-6+;;. The molecule has 0 aliphatic carbocycles. The molecule has 0 saturated carbocycles. The monoisotopic (exact) mass is 532 g/mol. The van der Waals surface area contributed by atoms with Gasteiger partial charge in [0.15, 0.2) is 5.13 Å². The van der Waals surface area contributed by atoms with Gasteiger partial charge in [0.2, 0.25) is 0 Å². The molecule has 0 aliphatic rings. The third-order valence-electron chi connectivity index (χ3n) is 4.49. The molecule has 194 valence electrons. The van der Waals surface area contributed by atoms with Crippen LogP contribution in [0.15, 0.2) is 59.5 Å². The summed E-state index contributed by atoms with van der Waals surface area (Å²) >= 11 is 3.30. The van der Waals surface area contributed by atoms with E-state index >= 15 is 0 Å². The highest BCUT2D eigenvalue weighted by Crippen LogP contribution is 2.42. The van der Waals surface area contributed by atoms with E-state index in [2.05, 4.69) is 37.6 Å². The Kier molecular flexibility index (Phi) is 14.4. The highest BCUT2D eigenvalue weighted by Gasteiger charge is 2.18. The Labute approximate surface area is 221 Å². The maximum Gasteiger partial charge on any atom is 0.183 e. The number of thioether (sulfide) groups is 1. The van der Waals surface area contributed by atoms with Gasteiger partial charge in [0.1, 0.15) is 23.7 Å². The number of aromatic nitrogens is 1. The number of nitrogens with zero attached hydrogens (tertiary/aromatic N) is 1. The molecule has 2 aromatic carbocycles. The second-order valence-corrected chi connectivity index (χ2v) is 9.21. The zero-order valence-corrected chi connectivity index (χ0v) is 23.2. The van der Waals surface area contributed by atoms with E-state index in [9.17, 15) is 18.7 Å². The predicted molar refractivity (Wildman–Crippen MR) is 152 cm³/mol. The highest BCUT2D eigenvalue weighted by atomic mass is 32.2. The van der Waals surface area contributed by atoms with Crippen molar-refractivity contribution in [2.24, 2.45) is 0 Å². The molecule has 3 aromatic rings. The molecule has 2 N–H and O–H groups in total. The lowest BCUT2D eigenvalue weighted by molar-refractivity contribution is -0.107. The van der Waals surface area contributed by atoms with E-state index in [0.717, 1.165) is 44.7 Å². The number of anilines is 1. The van der Waals surface area contributed by atoms with E-state index in [1.807, 2.05) is 33.0 Å². The van der Waals surface area contributed by atoms with Crippen LogP contribution in [0.1, 0.15) is 52.3 Å². The SMILES string of the molecule is CC.CC/C=C/SC(=C(C)C)c1nc(NC)sc1-c1cccc(O)c1.O=CCc1c(F)cccc1F. The Morgan fingerprint density at radius 2 is 1.78 bits per heavy atom. The van der Waals surface area contributed by atoms with Crippen molar-refractivity contribution in [1.29, 1.82) is 0 Å². The molecule has 0 amide bonds. The third-order valence-corrected chi connectivity index (χ3v) is 6.77. The van der Waals surface area contributed by atoms with Gasteiger partial charge in [0, 0.05) is 23.9 Å². The van der Waals surface area contributed by atoms with Crippen LogP contribution in [0.2, 0.25) is 0 Å². The molecule has 0 fully saturated rings. The number of benzene rings is 2. The first-order valence-electron chi connectivity index (χ1n) is 11.7. The molecule has 0 saturated heterocycles. The minimum Gasteiger partial charge on any atom is -0.508 e. The molecule has 0 spiro atoms. The van der Waals surface area contributed by atoms with E-state index < -0.39 is 11.6 Å². The normalized spacial score (nSPS) is 10.1. The van der Waals surface area contributed by atoms with Gasteiger partial charge in [-0.15, -0.1) is 0 Å². The molecule has 0 unspecified atom stereocenters. The van der Waals surface area contributed by atoms with Crippen molar-refractivity contribution in [3.05, 3.63) is 82.4 Å².